The van der Waals surface area contributed by atoms with Crippen molar-refractivity contribution in [2.24, 2.45) is 0 Å². The van der Waals surface area contributed by atoms with E-state index in [-0.39, 0.29) is 12.5 Å². The Kier molecular flexibility index (Phi) is 3.71. The maximum atomic E-state index is 12.2. The molecule has 4 nitrogen and oxygen atoms in total. The van der Waals surface area contributed by atoms with Crippen LogP contribution in [0, 0.1) is 20.8 Å². The minimum Gasteiger partial charge on any atom is -0.466 e. The molecule has 1 heterocycles. The summed E-state index contributed by atoms with van der Waals surface area (Å²) in [6.45, 7) is 5.43. The van der Waals surface area contributed by atoms with Crippen molar-refractivity contribution in [3.05, 3.63) is 52.5 Å². The van der Waals surface area contributed by atoms with Crippen molar-refractivity contribution >= 4 is 11.6 Å². The van der Waals surface area contributed by atoms with Gasteiger partial charge >= 0.3 is 0 Å². The summed E-state index contributed by atoms with van der Waals surface area (Å²) in [6.07, 6.45) is 0. The number of aliphatic hydroxyl groups excluding tert-OH is 1. The summed E-state index contributed by atoms with van der Waals surface area (Å²) < 4.78 is 5.45. The number of benzene rings is 1. The van der Waals surface area contributed by atoms with Crippen LogP contribution in [-0.2, 0) is 6.61 Å². The van der Waals surface area contributed by atoms with Gasteiger partial charge in [-0.1, -0.05) is 12.1 Å². The molecule has 0 saturated heterocycles. The molecule has 4 heteroatoms. The Hall–Kier alpha value is -2.07. The zero-order chi connectivity index (χ0) is 14.0. The lowest BCUT2D eigenvalue weighted by atomic mass is 10.1. The van der Waals surface area contributed by atoms with E-state index >= 15 is 0 Å². The van der Waals surface area contributed by atoms with Gasteiger partial charge in [-0.2, -0.15) is 0 Å². The number of carbonyl (C=O) groups is 1. The van der Waals surface area contributed by atoms with Gasteiger partial charge in [0.05, 0.1) is 12.2 Å². The van der Waals surface area contributed by atoms with Crippen molar-refractivity contribution in [2.45, 2.75) is 27.4 Å². The highest BCUT2D eigenvalue weighted by molar-refractivity contribution is 6.06. The van der Waals surface area contributed by atoms with Crippen molar-refractivity contribution in [1.29, 1.82) is 0 Å². The van der Waals surface area contributed by atoms with Crippen molar-refractivity contribution < 1.29 is 14.3 Å². The monoisotopic (exact) mass is 259 g/mol. The van der Waals surface area contributed by atoms with Gasteiger partial charge in [0.15, 0.2) is 0 Å². The van der Waals surface area contributed by atoms with Crippen LogP contribution in [0.25, 0.3) is 0 Å². The molecule has 0 aliphatic heterocycles. The van der Waals surface area contributed by atoms with Gasteiger partial charge in [-0.05, 0) is 38.5 Å². The number of furan rings is 1. The van der Waals surface area contributed by atoms with Crippen LogP contribution in [0.15, 0.2) is 28.7 Å². The van der Waals surface area contributed by atoms with E-state index in [4.69, 9.17) is 9.52 Å². The van der Waals surface area contributed by atoms with E-state index in [1.54, 1.807) is 31.2 Å². The third-order valence-corrected chi connectivity index (χ3v) is 3.16. The third kappa shape index (κ3) is 2.69. The first-order chi connectivity index (χ1) is 9.02. The lowest BCUT2D eigenvalue weighted by Gasteiger charge is -2.06. The Morgan fingerprint density at radius 1 is 1.26 bits per heavy atom. The highest BCUT2D eigenvalue weighted by atomic mass is 16.3. The Morgan fingerprint density at radius 3 is 2.58 bits per heavy atom. The number of aliphatic hydroxyl groups is 1. The highest BCUT2D eigenvalue weighted by Crippen LogP contribution is 2.22. The van der Waals surface area contributed by atoms with Crippen molar-refractivity contribution in [2.75, 3.05) is 5.32 Å². The summed E-state index contributed by atoms with van der Waals surface area (Å²) in [5.41, 5.74) is 2.85. The van der Waals surface area contributed by atoms with E-state index in [0.29, 0.717) is 17.0 Å². The van der Waals surface area contributed by atoms with Gasteiger partial charge in [-0.25, -0.2) is 0 Å². The minimum atomic E-state index is -0.193. The molecule has 2 rings (SSSR count). The molecule has 1 aromatic carbocycles. The fourth-order valence-electron chi connectivity index (χ4n) is 2.07. The Bertz CT molecular complexity index is 614. The Balaban J connectivity index is 2.25. The standard InChI is InChI=1S/C15H17NO3/c1-9-10(2)19-11(3)14(9)15(18)16-13-6-4-5-12(7-13)8-17/h4-7,17H,8H2,1-3H3,(H,16,18). The van der Waals surface area contributed by atoms with Gasteiger partial charge in [0.1, 0.15) is 11.5 Å². The van der Waals surface area contributed by atoms with E-state index in [0.717, 1.165) is 16.9 Å². The lowest BCUT2D eigenvalue weighted by Crippen LogP contribution is -2.13. The van der Waals surface area contributed by atoms with E-state index in [1.165, 1.54) is 0 Å². The van der Waals surface area contributed by atoms with E-state index in [9.17, 15) is 4.79 Å². The van der Waals surface area contributed by atoms with Crippen LogP contribution < -0.4 is 5.32 Å². The number of hydrogen-bond acceptors (Lipinski definition) is 3. The molecule has 2 aromatic rings. The first-order valence-corrected chi connectivity index (χ1v) is 6.10. The van der Waals surface area contributed by atoms with Crippen LogP contribution >= 0.6 is 0 Å². The zero-order valence-electron chi connectivity index (χ0n) is 11.3. The number of aryl methyl sites for hydroxylation is 2. The first kappa shape index (κ1) is 13.4. The quantitative estimate of drug-likeness (QED) is 0.890. The molecular weight excluding hydrogens is 242 g/mol. The summed E-state index contributed by atoms with van der Waals surface area (Å²) in [5, 5.41) is 11.9. The molecule has 1 aromatic heterocycles. The van der Waals surface area contributed by atoms with E-state index < -0.39 is 0 Å². The molecule has 0 atom stereocenters. The van der Waals surface area contributed by atoms with Crippen LogP contribution in [-0.4, -0.2) is 11.0 Å². The molecule has 0 fully saturated rings. The second-order valence-corrected chi connectivity index (χ2v) is 4.53. The topological polar surface area (TPSA) is 62.5 Å². The lowest BCUT2D eigenvalue weighted by molar-refractivity contribution is 0.102. The molecule has 2 N–H and O–H groups in total. The fourth-order valence-corrected chi connectivity index (χ4v) is 2.07. The van der Waals surface area contributed by atoms with Crippen LogP contribution in [0.2, 0.25) is 0 Å². The largest absolute Gasteiger partial charge is 0.466 e. The van der Waals surface area contributed by atoms with Gasteiger partial charge in [-0.15, -0.1) is 0 Å². The van der Waals surface area contributed by atoms with Gasteiger partial charge in [-0.3, -0.25) is 4.79 Å². The zero-order valence-corrected chi connectivity index (χ0v) is 11.3. The van der Waals surface area contributed by atoms with Crippen molar-refractivity contribution in [1.82, 2.24) is 0 Å². The van der Waals surface area contributed by atoms with E-state index in [1.807, 2.05) is 13.8 Å². The second-order valence-electron chi connectivity index (χ2n) is 4.53. The number of amides is 1. The van der Waals surface area contributed by atoms with Gasteiger partial charge < -0.3 is 14.8 Å². The van der Waals surface area contributed by atoms with E-state index in [2.05, 4.69) is 5.32 Å². The highest BCUT2D eigenvalue weighted by Gasteiger charge is 2.18. The van der Waals surface area contributed by atoms with Gasteiger partial charge in [0.25, 0.3) is 5.91 Å². The average molecular weight is 259 g/mol. The second kappa shape index (κ2) is 5.28. The number of hydrogen-bond donors (Lipinski definition) is 2. The molecule has 0 unspecified atom stereocenters. The van der Waals surface area contributed by atoms with Crippen LogP contribution in [0.4, 0.5) is 5.69 Å². The maximum Gasteiger partial charge on any atom is 0.259 e. The molecule has 0 aliphatic rings. The Morgan fingerprint density at radius 2 is 2.00 bits per heavy atom. The summed E-state index contributed by atoms with van der Waals surface area (Å²) >= 11 is 0. The van der Waals surface area contributed by atoms with Crippen LogP contribution in [0.1, 0.15) is 33.0 Å². The minimum absolute atomic E-state index is 0.0490. The molecule has 0 radical (unpaired) electrons. The molecule has 0 aliphatic carbocycles. The summed E-state index contributed by atoms with van der Waals surface area (Å²) in [4.78, 5) is 12.2. The van der Waals surface area contributed by atoms with Gasteiger partial charge in [0.2, 0.25) is 0 Å². The predicted molar refractivity (Wildman–Crippen MR) is 73.2 cm³/mol. The fraction of sp³-hybridized carbons (Fsp3) is 0.267. The van der Waals surface area contributed by atoms with Crippen LogP contribution in [0.5, 0.6) is 0 Å². The number of rotatable bonds is 3. The summed E-state index contributed by atoms with van der Waals surface area (Å²) in [7, 11) is 0. The van der Waals surface area contributed by atoms with Crippen molar-refractivity contribution in [3.8, 4) is 0 Å². The molecule has 19 heavy (non-hydrogen) atoms. The number of carbonyl (C=O) groups excluding carboxylic acids is 1. The maximum absolute atomic E-state index is 12.2. The third-order valence-electron chi connectivity index (χ3n) is 3.16. The number of anilines is 1. The average Bonchev–Trinajstić information content (AvgIpc) is 2.63. The normalized spacial score (nSPS) is 10.5. The first-order valence-electron chi connectivity index (χ1n) is 6.10. The Labute approximate surface area is 112 Å². The van der Waals surface area contributed by atoms with Crippen molar-refractivity contribution in [3.63, 3.8) is 0 Å². The molecule has 1 amide bonds. The van der Waals surface area contributed by atoms with Gasteiger partial charge in [0, 0.05) is 11.3 Å². The predicted octanol–water partition coefficient (Wildman–Crippen LogP) is 2.95. The van der Waals surface area contributed by atoms with Crippen LogP contribution in [0.3, 0.4) is 0 Å². The SMILES string of the molecule is Cc1oc(C)c(C(=O)Nc2cccc(CO)c2)c1C. The molecule has 0 saturated carbocycles. The summed E-state index contributed by atoms with van der Waals surface area (Å²) in [5.74, 6) is 1.18. The molecule has 100 valence electrons. The molecule has 0 spiro atoms. The number of nitrogens with one attached hydrogen (secondary N) is 1. The smallest absolute Gasteiger partial charge is 0.259 e. The summed E-state index contributed by atoms with van der Waals surface area (Å²) in [6, 6.07) is 7.12. The molecule has 0 bridgehead atoms. The molecular formula is C15H17NO3.